The third kappa shape index (κ3) is 5.88. The zero-order chi connectivity index (χ0) is 13.4. The first-order valence-electron chi connectivity index (χ1n) is 7.10. The predicted molar refractivity (Wildman–Crippen MR) is 81.3 cm³/mol. The maximum Gasteiger partial charge on any atom is 0.0438 e. The van der Waals surface area contributed by atoms with Gasteiger partial charge in [0.15, 0.2) is 0 Å². The summed E-state index contributed by atoms with van der Waals surface area (Å²) in [6.07, 6.45) is 4.71. The van der Waals surface area contributed by atoms with E-state index in [1.807, 2.05) is 12.1 Å². The molecule has 18 heavy (non-hydrogen) atoms. The summed E-state index contributed by atoms with van der Waals surface area (Å²) in [5.41, 5.74) is 1.26. The minimum atomic E-state index is 0.548. The number of nitrogens with one attached hydrogen (secondary N) is 1. The molecule has 1 N–H and O–H groups in total. The van der Waals surface area contributed by atoms with Crippen molar-refractivity contribution in [3.8, 4) is 0 Å². The number of hydrogen-bond donors (Lipinski definition) is 1. The number of rotatable bonds is 8. The SMILES string of the molecule is CCCNC(CCC(C)C)Cc1ccccc1Cl. The van der Waals surface area contributed by atoms with E-state index in [4.69, 9.17) is 11.6 Å². The first-order valence-corrected chi connectivity index (χ1v) is 7.48. The maximum atomic E-state index is 6.24. The van der Waals surface area contributed by atoms with Crippen LogP contribution in [0.2, 0.25) is 5.02 Å². The van der Waals surface area contributed by atoms with Crippen LogP contribution in [0.3, 0.4) is 0 Å². The van der Waals surface area contributed by atoms with Crippen LogP contribution in [0.4, 0.5) is 0 Å². The molecule has 0 fully saturated rings. The van der Waals surface area contributed by atoms with E-state index < -0.39 is 0 Å². The highest BCUT2D eigenvalue weighted by Crippen LogP contribution is 2.19. The first kappa shape index (κ1) is 15.5. The Balaban J connectivity index is 2.56. The molecule has 0 radical (unpaired) electrons. The molecule has 1 aromatic rings. The highest BCUT2D eigenvalue weighted by atomic mass is 35.5. The third-order valence-electron chi connectivity index (χ3n) is 3.20. The molecule has 0 aliphatic heterocycles. The van der Waals surface area contributed by atoms with Crippen LogP contribution < -0.4 is 5.32 Å². The molecule has 0 amide bonds. The number of halogens is 1. The van der Waals surface area contributed by atoms with Crippen LogP contribution in [0, 0.1) is 5.92 Å². The van der Waals surface area contributed by atoms with Gasteiger partial charge in [-0.1, -0.05) is 50.6 Å². The van der Waals surface area contributed by atoms with Gasteiger partial charge in [-0.25, -0.2) is 0 Å². The van der Waals surface area contributed by atoms with Crippen molar-refractivity contribution >= 4 is 11.6 Å². The van der Waals surface area contributed by atoms with E-state index in [9.17, 15) is 0 Å². The van der Waals surface area contributed by atoms with Crippen LogP contribution in [-0.4, -0.2) is 12.6 Å². The smallest absolute Gasteiger partial charge is 0.0438 e. The zero-order valence-corrected chi connectivity index (χ0v) is 12.6. The second-order valence-corrected chi connectivity index (χ2v) is 5.82. The van der Waals surface area contributed by atoms with Gasteiger partial charge in [0.05, 0.1) is 0 Å². The molecule has 0 spiro atoms. The summed E-state index contributed by atoms with van der Waals surface area (Å²) in [5, 5.41) is 4.54. The van der Waals surface area contributed by atoms with Gasteiger partial charge in [0.25, 0.3) is 0 Å². The second kappa shape index (κ2) is 8.55. The van der Waals surface area contributed by atoms with Crippen molar-refractivity contribution < 1.29 is 0 Å². The second-order valence-electron chi connectivity index (χ2n) is 5.42. The topological polar surface area (TPSA) is 12.0 Å². The lowest BCUT2D eigenvalue weighted by Crippen LogP contribution is -2.32. The van der Waals surface area contributed by atoms with Crippen molar-refractivity contribution in [3.63, 3.8) is 0 Å². The highest BCUT2D eigenvalue weighted by Gasteiger charge is 2.11. The van der Waals surface area contributed by atoms with Crippen LogP contribution in [0.25, 0.3) is 0 Å². The minimum Gasteiger partial charge on any atom is -0.314 e. The van der Waals surface area contributed by atoms with Gasteiger partial charge in [0, 0.05) is 11.1 Å². The summed E-state index contributed by atoms with van der Waals surface area (Å²) in [6.45, 7) is 7.87. The molecule has 0 aliphatic rings. The minimum absolute atomic E-state index is 0.548. The van der Waals surface area contributed by atoms with Gasteiger partial charge in [-0.2, -0.15) is 0 Å². The molecule has 102 valence electrons. The van der Waals surface area contributed by atoms with Crippen molar-refractivity contribution in [2.75, 3.05) is 6.54 Å². The van der Waals surface area contributed by atoms with E-state index in [1.54, 1.807) is 0 Å². The Morgan fingerprint density at radius 3 is 2.50 bits per heavy atom. The number of benzene rings is 1. The van der Waals surface area contributed by atoms with Crippen LogP contribution in [0.15, 0.2) is 24.3 Å². The van der Waals surface area contributed by atoms with Gasteiger partial charge in [-0.05, 0) is 49.8 Å². The summed E-state index contributed by atoms with van der Waals surface area (Å²) in [7, 11) is 0. The van der Waals surface area contributed by atoms with Gasteiger partial charge in [-0.15, -0.1) is 0 Å². The number of hydrogen-bond acceptors (Lipinski definition) is 1. The van der Waals surface area contributed by atoms with Crippen molar-refractivity contribution in [3.05, 3.63) is 34.9 Å². The molecular formula is C16H26ClN. The molecule has 1 nitrogen and oxygen atoms in total. The van der Waals surface area contributed by atoms with E-state index in [1.165, 1.54) is 24.8 Å². The Bertz CT molecular complexity index is 336. The molecule has 0 saturated heterocycles. The third-order valence-corrected chi connectivity index (χ3v) is 3.57. The van der Waals surface area contributed by atoms with E-state index in [-0.39, 0.29) is 0 Å². The Labute approximate surface area is 117 Å². The summed E-state index contributed by atoms with van der Waals surface area (Å²) >= 11 is 6.24. The van der Waals surface area contributed by atoms with Crippen molar-refractivity contribution in [2.45, 2.75) is 52.5 Å². The Morgan fingerprint density at radius 2 is 1.89 bits per heavy atom. The normalized spacial score (nSPS) is 12.9. The van der Waals surface area contributed by atoms with Crippen LogP contribution in [0.1, 0.15) is 45.6 Å². The Kier molecular flexibility index (Phi) is 7.38. The van der Waals surface area contributed by atoms with E-state index in [0.29, 0.717) is 6.04 Å². The summed E-state index contributed by atoms with van der Waals surface area (Å²) < 4.78 is 0. The largest absolute Gasteiger partial charge is 0.314 e. The molecule has 0 bridgehead atoms. The summed E-state index contributed by atoms with van der Waals surface area (Å²) in [6, 6.07) is 8.73. The standard InChI is InChI=1S/C16H26ClN/c1-4-11-18-15(10-9-13(2)3)12-14-7-5-6-8-16(14)17/h5-8,13,15,18H,4,9-12H2,1-3H3. The fourth-order valence-corrected chi connectivity index (χ4v) is 2.30. The maximum absolute atomic E-state index is 6.24. The van der Waals surface area contributed by atoms with Crippen LogP contribution in [0.5, 0.6) is 0 Å². The fourth-order valence-electron chi connectivity index (χ4n) is 2.09. The fraction of sp³-hybridized carbons (Fsp3) is 0.625. The molecular weight excluding hydrogens is 242 g/mol. The molecule has 0 aliphatic carbocycles. The van der Waals surface area contributed by atoms with E-state index in [0.717, 1.165) is 23.9 Å². The van der Waals surface area contributed by atoms with Gasteiger partial charge in [0.1, 0.15) is 0 Å². The zero-order valence-electron chi connectivity index (χ0n) is 11.9. The molecule has 1 atom stereocenters. The summed E-state index contributed by atoms with van der Waals surface area (Å²) in [5.74, 6) is 0.766. The van der Waals surface area contributed by atoms with Crippen molar-refractivity contribution in [1.82, 2.24) is 5.32 Å². The monoisotopic (exact) mass is 267 g/mol. The molecule has 1 aromatic carbocycles. The lowest BCUT2D eigenvalue weighted by Gasteiger charge is -2.20. The highest BCUT2D eigenvalue weighted by molar-refractivity contribution is 6.31. The van der Waals surface area contributed by atoms with Crippen LogP contribution in [-0.2, 0) is 6.42 Å². The molecule has 1 rings (SSSR count). The molecule has 0 aromatic heterocycles. The Hall–Kier alpha value is -0.530. The van der Waals surface area contributed by atoms with E-state index >= 15 is 0 Å². The molecule has 1 unspecified atom stereocenters. The van der Waals surface area contributed by atoms with Crippen molar-refractivity contribution in [2.24, 2.45) is 5.92 Å². The molecule has 2 heteroatoms. The first-order chi connectivity index (χ1) is 8.63. The van der Waals surface area contributed by atoms with Gasteiger partial charge >= 0.3 is 0 Å². The molecule has 0 saturated carbocycles. The van der Waals surface area contributed by atoms with Crippen LogP contribution >= 0.6 is 11.6 Å². The quantitative estimate of drug-likeness (QED) is 0.721. The average Bonchev–Trinajstić information content (AvgIpc) is 2.35. The lowest BCUT2D eigenvalue weighted by molar-refractivity contribution is 0.427. The lowest BCUT2D eigenvalue weighted by atomic mass is 9.97. The Morgan fingerprint density at radius 1 is 1.17 bits per heavy atom. The van der Waals surface area contributed by atoms with Gasteiger partial charge < -0.3 is 5.32 Å². The molecule has 0 heterocycles. The average molecular weight is 268 g/mol. The van der Waals surface area contributed by atoms with Crippen molar-refractivity contribution in [1.29, 1.82) is 0 Å². The van der Waals surface area contributed by atoms with E-state index in [2.05, 4.69) is 38.2 Å². The van der Waals surface area contributed by atoms with Gasteiger partial charge in [-0.3, -0.25) is 0 Å². The predicted octanol–water partition coefficient (Wildman–Crippen LogP) is 4.69. The van der Waals surface area contributed by atoms with Gasteiger partial charge in [0.2, 0.25) is 0 Å². The summed E-state index contributed by atoms with van der Waals surface area (Å²) in [4.78, 5) is 0.